The van der Waals surface area contributed by atoms with Gasteiger partial charge in [-0.2, -0.15) is 0 Å². The van der Waals surface area contributed by atoms with Crippen LogP contribution in [0.25, 0.3) is 0 Å². The van der Waals surface area contributed by atoms with Crippen LogP contribution in [0.1, 0.15) is 28.4 Å². The lowest BCUT2D eigenvalue weighted by Gasteiger charge is -2.02. The Morgan fingerprint density at radius 1 is 0.882 bits per heavy atom. The zero-order chi connectivity index (χ0) is 11.4. The summed E-state index contributed by atoms with van der Waals surface area (Å²) >= 11 is 0. The third-order valence-corrected chi connectivity index (χ3v) is 2.66. The lowest BCUT2D eigenvalue weighted by atomic mass is 10.0. The van der Waals surface area contributed by atoms with Crippen molar-refractivity contribution < 1.29 is 4.79 Å². The SMILES string of the molecule is CCc1ccc(C(=O)c2ccccc2)cc1.N. The fraction of sp³-hybridized carbons (Fsp3) is 0.133. The lowest BCUT2D eigenvalue weighted by Crippen LogP contribution is -2.00. The van der Waals surface area contributed by atoms with E-state index >= 15 is 0 Å². The molecule has 17 heavy (non-hydrogen) atoms. The van der Waals surface area contributed by atoms with Crippen LogP contribution in [0.2, 0.25) is 0 Å². The number of carbonyl (C=O) groups excluding carboxylic acids is 1. The summed E-state index contributed by atoms with van der Waals surface area (Å²) in [6, 6.07) is 17.2. The maximum Gasteiger partial charge on any atom is 0.193 e. The van der Waals surface area contributed by atoms with E-state index in [1.807, 2.05) is 54.6 Å². The Morgan fingerprint density at radius 2 is 1.41 bits per heavy atom. The van der Waals surface area contributed by atoms with E-state index in [1.165, 1.54) is 5.56 Å². The van der Waals surface area contributed by atoms with Gasteiger partial charge in [0.15, 0.2) is 5.78 Å². The van der Waals surface area contributed by atoms with E-state index in [0.29, 0.717) is 0 Å². The molecule has 88 valence electrons. The number of aryl methyl sites for hydroxylation is 1. The molecule has 2 aromatic rings. The fourth-order valence-corrected chi connectivity index (χ4v) is 1.65. The molecule has 0 heterocycles. The smallest absolute Gasteiger partial charge is 0.193 e. The molecule has 0 spiro atoms. The molecule has 0 saturated carbocycles. The summed E-state index contributed by atoms with van der Waals surface area (Å²) in [5.74, 6) is 0.0863. The van der Waals surface area contributed by atoms with Gasteiger partial charge in [0.1, 0.15) is 0 Å². The molecule has 0 aromatic heterocycles. The van der Waals surface area contributed by atoms with Crippen molar-refractivity contribution in [1.82, 2.24) is 6.15 Å². The average molecular weight is 227 g/mol. The molecule has 2 aromatic carbocycles. The number of hydrogen-bond donors (Lipinski definition) is 1. The first-order valence-corrected chi connectivity index (χ1v) is 5.50. The summed E-state index contributed by atoms with van der Waals surface area (Å²) in [4.78, 5) is 12.0. The highest BCUT2D eigenvalue weighted by molar-refractivity contribution is 6.08. The zero-order valence-corrected chi connectivity index (χ0v) is 10.0. The highest BCUT2D eigenvalue weighted by atomic mass is 16.1. The number of ketones is 1. The van der Waals surface area contributed by atoms with Crippen LogP contribution in [0.4, 0.5) is 0 Å². The Bertz CT molecular complexity index is 474. The summed E-state index contributed by atoms with van der Waals surface area (Å²) in [5.41, 5.74) is 2.75. The average Bonchev–Trinajstić information content (AvgIpc) is 2.39. The van der Waals surface area contributed by atoms with Crippen molar-refractivity contribution in [2.24, 2.45) is 0 Å². The van der Waals surface area contributed by atoms with Crippen LogP contribution in [0.3, 0.4) is 0 Å². The summed E-state index contributed by atoms with van der Waals surface area (Å²) in [6.45, 7) is 2.11. The molecule has 0 atom stereocenters. The molecule has 0 bridgehead atoms. The zero-order valence-electron chi connectivity index (χ0n) is 10.0. The predicted octanol–water partition coefficient (Wildman–Crippen LogP) is 3.64. The van der Waals surface area contributed by atoms with Crippen molar-refractivity contribution in [1.29, 1.82) is 0 Å². The minimum absolute atomic E-state index is 0. The molecule has 0 unspecified atom stereocenters. The van der Waals surface area contributed by atoms with Gasteiger partial charge in [-0.3, -0.25) is 4.79 Å². The van der Waals surface area contributed by atoms with E-state index in [0.717, 1.165) is 17.5 Å². The van der Waals surface area contributed by atoms with E-state index in [-0.39, 0.29) is 11.9 Å². The molecule has 2 rings (SSSR count). The Hall–Kier alpha value is -1.93. The first kappa shape index (κ1) is 13.1. The highest BCUT2D eigenvalue weighted by Crippen LogP contribution is 2.11. The normalized spacial score (nSPS) is 9.47. The minimum atomic E-state index is 0. The second-order valence-corrected chi connectivity index (χ2v) is 3.75. The predicted molar refractivity (Wildman–Crippen MR) is 70.7 cm³/mol. The van der Waals surface area contributed by atoms with Gasteiger partial charge in [0, 0.05) is 11.1 Å². The fourth-order valence-electron chi connectivity index (χ4n) is 1.65. The Kier molecular flexibility index (Phi) is 4.61. The molecule has 2 nitrogen and oxygen atoms in total. The van der Waals surface area contributed by atoms with Gasteiger partial charge >= 0.3 is 0 Å². The number of carbonyl (C=O) groups is 1. The van der Waals surface area contributed by atoms with Crippen molar-refractivity contribution in [3.63, 3.8) is 0 Å². The largest absolute Gasteiger partial charge is 0.344 e. The first-order valence-electron chi connectivity index (χ1n) is 5.50. The quantitative estimate of drug-likeness (QED) is 0.814. The van der Waals surface area contributed by atoms with Crippen LogP contribution in [-0.2, 0) is 6.42 Å². The summed E-state index contributed by atoms with van der Waals surface area (Å²) in [7, 11) is 0. The van der Waals surface area contributed by atoms with E-state index in [4.69, 9.17) is 0 Å². The van der Waals surface area contributed by atoms with Gasteiger partial charge in [0.05, 0.1) is 0 Å². The van der Waals surface area contributed by atoms with E-state index < -0.39 is 0 Å². The number of rotatable bonds is 3. The second kappa shape index (κ2) is 5.97. The van der Waals surface area contributed by atoms with Crippen molar-refractivity contribution in [2.45, 2.75) is 13.3 Å². The first-order chi connectivity index (χ1) is 7.81. The lowest BCUT2D eigenvalue weighted by molar-refractivity contribution is 0.103. The molecule has 0 aliphatic carbocycles. The summed E-state index contributed by atoms with van der Waals surface area (Å²) in [6.07, 6.45) is 1.000. The molecule has 0 amide bonds. The molecule has 0 fully saturated rings. The van der Waals surface area contributed by atoms with Gasteiger partial charge in [0.2, 0.25) is 0 Å². The third kappa shape index (κ3) is 3.02. The minimum Gasteiger partial charge on any atom is -0.344 e. The van der Waals surface area contributed by atoms with Crippen molar-refractivity contribution in [2.75, 3.05) is 0 Å². The van der Waals surface area contributed by atoms with Crippen molar-refractivity contribution >= 4 is 5.78 Å². The molecular weight excluding hydrogens is 210 g/mol. The second-order valence-electron chi connectivity index (χ2n) is 3.75. The third-order valence-electron chi connectivity index (χ3n) is 2.66. The van der Waals surface area contributed by atoms with Crippen molar-refractivity contribution in [3.8, 4) is 0 Å². The Balaban J connectivity index is 0.00000144. The van der Waals surface area contributed by atoms with Crippen LogP contribution in [-0.4, -0.2) is 5.78 Å². The Morgan fingerprint density at radius 3 is 1.94 bits per heavy atom. The van der Waals surface area contributed by atoms with Gasteiger partial charge in [-0.25, -0.2) is 0 Å². The van der Waals surface area contributed by atoms with E-state index in [9.17, 15) is 4.79 Å². The highest BCUT2D eigenvalue weighted by Gasteiger charge is 2.07. The van der Waals surface area contributed by atoms with Gasteiger partial charge in [-0.15, -0.1) is 0 Å². The topological polar surface area (TPSA) is 52.1 Å². The van der Waals surface area contributed by atoms with Crippen LogP contribution in [0.15, 0.2) is 54.6 Å². The van der Waals surface area contributed by atoms with E-state index in [2.05, 4.69) is 6.92 Å². The van der Waals surface area contributed by atoms with Gasteiger partial charge < -0.3 is 6.15 Å². The summed E-state index contributed by atoms with van der Waals surface area (Å²) < 4.78 is 0. The van der Waals surface area contributed by atoms with Gasteiger partial charge in [-0.1, -0.05) is 61.5 Å². The van der Waals surface area contributed by atoms with E-state index in [1.54, 1.807) is 0 Å². The Labute approximate surface area is 102 Å². The number of hydrogen-bond acceptors (Lipinski definition) is 2. The van der Waals surface area contributed by atoms with Gasteiger partial charge in [-0.05, 0) is 12.0 Å². The molecular formula is C15H17NO. The standard InChI is InChI=1S/C15H14O.H3N/c1-2-12-8-10-14(11-9-12)15(16)13-6-4-3-5-7-13;/h3-11H,2H2,1H3;1H3. The molecule has 0 radical (unpaired) electrons. The maximum absolute atomic E-state index is 12.0. The van der Waals surface area contributed by atoms with Crippen LogP contribution in [0, 0.1) is 0 Å². The van der Waals surface area contributed by atoms with Crippen LogP contribution in [0.5, 0.6) is 0 Å². The van der Waals surface area contributed by atoms with Crippen LogP contribution < -0.4 is 6.15 Å². The van der Waals surface area contributed by atoms with Crippen LogP contribution >= 0.6 is 0 Å². The monoisotopic (exact) mass is 227 g/mol. The van der Waals surface area contributed by atoms with Crippen molar-refractivity contribution in [3.05, 3.63) is 71.3 Å². The summed E-state index contributed by atoms with van der Waals surface area (Å²) in [5, 5.41) is 0. The molecule has 0 saturated heterocycles. The van der Waals surface area contributed by atoms with Gasteiger partial charge in [0.25, 0.3) is 0 Å². The molecule has 3 N–H and O–H groups in total. The number of benzene rings is 2. The maximum atomic E-state index is 12.0. The molecule has 0 aliphatic heterocycles. The molecule has 0 aliphatic rings. The molecule has 2 heteroatoms.